The van der Waals surface area contributed by atoms with Gasteiger partial charge in [-0.05, 0) is 0 Å². The second-order valence-electron chi connectivity index (χ2n) is 4.84. The summed E-state index contributed by atoms with van der Waals surface area (Å²) in [7, 11) is -17.1. The number of hydrogen-bond acceptors (Lipinski definition) is 4. The smallest absolute Gasteiger partial charge is 0.207 e. The fourth-order valence-electron chi connectivity index (χ4n) is 1.25. The Morgan fingerprint density at radius 2 is 0.733 bits per heavy atom. The van der Waals surface area contributed by atoms with Crippen LogP contribution in [0.25, 0.3) is 0 Å². The van der Waals surface area contributed by atoms with Gasteiger partial charge >= 0.3 is 40.6 Å². The molecule has 0 aliphatic rings. The summed E-state index contributed by atoms with van der Waals surface area (Å²) >= 11 is 0. The van der Waals surface area contributed by atoms with E-state index >= 15 is 0 Å². The summed E-state index contributed by atoms with van der Waals surface area (Å²) in [6, 6.07) is 0. The van der Waals surface area contributed by atoms with Gasteiger partial charge < -0.3 is 0 Å². The monoisotopic (exact) mass is 531 g/mol. The van der Waals surface area contributed by atoms with Crippen LogP contribution in [0.5, 0.6) is 0 Å². The topological polar surface area (TPSA) is 80.3 Å². The molecular weight excluding hydrogens is 530 g/mol. The molecule has 0 radical (unpaired) electrons. The van der Waals surface area contributed by atoms with Crippen LogP contribution in [0.2, 0.25) is 0 Å². The van der Waals surface area contributed by atoms with Crippen LogP contribution in [0.4, 0.5) is 70.2 Å². The van der Waals surface area contributed by atoms with Crippen LogP contribution in [-0.4, -0.2) is 57.5 Å². The molecule has 0 atom stereocenters. The second kappa shape index (κ2) is 6.87. The number of alkyl halides is 16. The van der Waals surface area contributed by atoms with E-state index in [4.69, 9.17) is 0 Å². The van der Waals surface area contributed by atoms with E-state index < -0.39 is 64.8 Å². The molecule has 1 N–H and O–H groups in total. The molecule has 5 nitrogen and oxygen atoms in total. The van der Waals surface area contributed by atoms with Gasteiger partial charge in [-0.15, -0.1) is 0 Å². The van der Waals surface area contributed by atoms with Gasteiger partial charge in [0.05, 0.1) is 0 Å². The van der Waals surface area contributed by atoms with Crippen molar-refractivity contribution in [2.24, 2.45) is 0 Å². The molecule has 0 bridgehead atoms. The average molecular weight is 531 g/mol. The highest BCUT2D eigenvalue weighted by atomic mass is 32.3. The highest BCUT2D eigenvalue weighted by Crippen LogP contribution is 2.55. The molecule has 182 valence electrons. The summed E-state index contributed by atoms with van der Waals surface area (Å²) in [5.74, 6) is -16.3. The maximum Gasteiger partial charge on any atom is 0.460 e. The van der Waals surface area contributed by atoms with Crippen LogP contribution < -0.4 is 4.13 Å². The number of sulfonamides is 2. The fraction of sp³-hybridized carbons (Fsp3) is 1.00. The second-order valence-corrected chi connectivity index (χ2v) is 8.60. The molecule has 0 fully saturated rings. The Labute approximate surface area is 153 Å². The summed E-state index contributed by atoms with van der Waals surface area (Å²) in [4.78, 5) is 0. The van der Waals surface area contributed by atoms with Gasteiger partial charge in [0.15, 0.2) is 0 Å². The van der Waals surface area contributed by atoms with E-state index in [0.29, 0.717) is 0 Å². The summed E-state index contributed by atoms with van der Waals surface area (Å²) < 4.78 is 242. The van der Waals surface area contributed by atoms with Crippen molar-refractivity contribution in [1.82, 2.24) is 4.13 Å². The van der Waals surface area contributed by atoms with Crippen molar-refractivity contribution in [2.75, 3.05) is 0 Å². The van der Waals surface area contributed by atoms with Crippen molar-refractivity contribution in [1.29, 1.82) is 0 Å². The first-order chi connectivity index (χ1) is 12.5. The Hall–Kier alpha value is -1.26. The van der Waals surface area contributed by atoms with Gasteiger partial charge in [-0.1, -0.05) is 4.13 Å². The molecule has 0 amide bonds. The fourth-order valence-corrected chi connectivity index (χ4v) is 4.36. The van der Waals surface area contributed by atoms with E-state index in [0.717, 1.165) is 0 Å². The van der Waals surface area contributed by atoms with Gasteiger partial charge in [-0.25, -0.2) is 21.2 Å². The summed E-state index contributed by atoms with van der Waals surface area (Å²) in [5.41, 5.74) is 0. The molecule has 0 aliphatic carbocycles. The molecule has 0 aromatic heterocycles. The van der Waals surface area contributed by atoms with Crippen LogP contribution in [0.3, 0.4) is 0 Å². The number of hydrogen-bond donors (Lipinski definition) is 1. The molecule has 0 spiro atoms. The van der Waals surface area contributed by atoms with E-state index in [-0.39, 0.29) is 0 Å². The lowest BCUT2D eigenvalue weighted by molar-refractivity contribution is -0.382. The van der Waals surface area contributed by atoms with E-state index in [1.165, 1.54) is 0 Å². The third-order valence-electron chi connectivity index (χ3n) is 2.77. The van der Waals surface area contributed by atoms with Crippen molar-refractivity contribution in [3.05, 3.63) is 0 Å². The SMILES string of the molecule is O=S(=O)(NS(=O)(=O)C(F)(C(F)(F)F)C(F)(F)F)C(F)(F)C(F)(F)C(F)(F)C(F)(F)F. The number of rotatable bonds is 6. The van der Waals surface area contributed by atoms with E-state index in [1.807, 2.05) is 0 Å². The first-order valence-corrected chi connectivity index (χ1v) is 8.72. The first-order valence-electron chi connectivity index (χ1n) is 5.76. The highest BCUT2D eigenvalue weighted by Gasteiger charge is 2.87. The lowest BCUT2D eigenvalue weighted by Crippen LogP contribution is -2.68. The third kappa shape index (κ3) is 3.86. The largest absolute Gasteiger partial charge is 0.460 e. The molecule has 0 saturated heterocycles. The van der Waals surface area contributed by atoms with E-state index in [9.17, 15) is 87.1 Å². The van der Waals surface area contributed by atoms with Crippen molar-refractivity contribution in [2.45, 2.75) is 40.6 Å². The zero-order valence-corrected chi connectivity index (χ0v) is 14.1. The summed E-state index contributed by atoms with van der Waals surface area (Å²) in [6.07, 6.45) is -23.2. The minimum Gasteiger partial charge on any atom is -0.207 e. The minimum absolute atomic E-state index is 1.54. The van der Waals surface area contributed by atoms with Gasteiger partial charge in [0.25, 0.3) is 20.0 Å². The minimum atomic E-state index is -8.56. The molecule has 0 unspecified atom stereocenters. The Bertz CT molecular complexity index is 849. The van der Waals surface area contributed by atoms with Crippen LogP contribution >= 0.6 is 0 Å². The zero-order valence-electron chi connectivity index (χ0n) is 12.5. The molecule has 30 heavy (non-hydrogen) atoms. The summed E-state index contributed by atoms with van der Waals surface area (Å²) in [5, 5.41) is -15.9. The Kier molecular flexibility index (Phi) is 6.58. The molecule has 23 heteroatoms. The van der Waals surface area contributed by atoms with Crippen molar-refractivity contribution >= 4 is 20.0 Å². The first kappa shape index (κ1) is 28.7. The van der Waals surface area contributed by atoms with Crippen LogP contribution in [0.15, 0.2) is 0 Å². The molecule has 0 aromatic carbocycles. The van der Waals surface area contributed by atoms with Gasteiger partial charge in [0.2, 0.25) is 0 Å². The predicted octanol–water partition coefficient (Wildman–Crippen LogP) is 3.45. The molecular formula is C7HF16NO4S2. The van der Waals surface area contributed by atoms with Crippen molar-refractivity contribution < 1.29 is 87.1 Å². The Balaban J connectivity index is 6.76. The quantitative estimate of drug-likeness (QED) is 0.533. The summed E-state index contributed by atoms with van der Waals surface area (Å²) in [6.45, 7) is 0. The third-order valence-corrected chi connectivity index (χ3v) is 6.66. The Morgan fingerprint density at radius 1 is 0.433 bits per heavy atom. The molecule has 0 aromatic rings. The lowest BCUT2D eigenvalue weighted by atomic mass is 10.1. The van der Waals surface area contributed by atoms with Gasteiger partial charge in [0, 0.05) is 0 Å². The Morgan fingerprint density at radius 3 is 0.967 bits per heavy atom. The molecule has 0 rings (SSSR count). The highest BCUT2D eigenvalue weighted by molar-refractivity contribution is 8.05. The molecule has 0 heterocycles. The van der Waals surface area contributed by atoms with E-state index in [2.05, 4.69) is 0 Å². The van der Waals surface area contributed by atoms with Crippen molar-refractivity contribution in [3.63, 3.8) is 0 Å². The van der Waals surface area contributed by atoms with Gasteiger partial charge in [-0.2, -0.15) is 65.9 Å². The van der Waals surface area contributed by atoms with E-state index in [1.54, 1.807) is 0 Å². The maximum atomic E-state index is 13.3. The predicted molar refractivity (Wildman–Crippen MR) is 57.8 cm³/mol. The maximum absolute atomic E-state index is 13.3. The lowest BCUT2D eigenvalue weighted by Gasteiger charge is -2.34. The van der Waals surface area contributed by atoms with Crippen LogP contribution in [0, 0.1) is 0 Å². The average Bonchev–Trinajstić information content (AvgIpc) is 2.40. The number of nitrogens with one attached hydrogen (secondary N) is 1. The molecule has 0 saturated carbocycles. The zero-order chi connectivity index (χ0) is 25.2. The van der Waals surface area contributed by atoms with Gasteiger partial charge in [-0.3, -0.25) is 0 Å². The van der Waals surface area contributed by atoms with Crippen LogP contribution in [0.1, 0.15) is 0 Å². The number of halogens is 16. The van der Waals surface area contributed by atoms with Crippen molar-refractivity contribution in [3.8, 4) is 0 Å². The standard InChI is InChI=1S/C7HF16NO4S2/c8-1(9,4(13,14)15)2(10,11)7(22,23)30(27,28)24-29(25,26)3(12,5(16,17)18)6(19,20)21/h24H. The van der Waals surface area contributed by atoms with Crippen LogP contribution in [-0.2, 0) is 20.0 Å². The molecule has 0 aliphatic heterocycles. The normalized spacial score (nSPS) is 16.7. The van der Waals surface area contributed by atoms with Gasteiger partial charge in [0.1, 0.15) is 0 Å².